The highest BCUT2D eigenvalue weighted by Gasteiger charge is 2.42. The summed E-state index contributed by atoms with van der Waals surface area (Å²) in [6.07, 6.45) is -0.952. The Morgan fingerprint density at radius 3 is 2.09 bits per heavy atom. The van der Waals surface area contributed by atoms with Gasteiger partial charge in [0.15, 0.2) is 12.1 Å². The number of aliphatic hydroxyl groups excluding tert-OH is 1. The van der Waals surface area contributed by atoms with E-state index in [1.54, 1.807) is 14.2 Å². The Balaban J connectivity index is 1.50. The quantitative estimate of drug-likeness (QED) is 0.195. The molecule has 1 saturated heterocycles. The van der Waals surface area contributed by atoms with Crippen LogP contribution in [0.5, 0.6) is 11.5 Å². The van der Waals surface area contributed by atoms with Crippen molar-refractivity contribution in [3.8, 4) is 11.5 Å². The molecule has 0 radical (unpaired) electrons. The number of aromatic nitrogens is 2. The van der Waals surface area contributed by atoms with Crippen molar-refractivity contribution in [1.29, 1.82) is 0 Å². The molecule has 228 valence electrons. The number of rotatable bonds is 11. The van der Waals surface area contributed by atoms with Crippen LogP contribution < -0.4 is 20.5 Å². The van der Waals surface area contributed by atoms with Crippen LogP contribution in [-0.4, -0.2) is 59.9 Å². The van der Waals surface area contributed by atoms with Crippen LogP contribution in [0, 0.1) is 0 Å². The van der Waals surface area contributed by atoms with E-state index in [-0.39, 0.29) is 24.4 Å². The molecule has 1 aliphatic heterocycles. The fraction of sp³-hybridized carbons (Fsp3) is 0.273. The first-order valence-corrected chi connectivity index (χ1v) is 14.0. The van der Waals surface area contributed by atoms with Gasteiger partial charge in [-0.1, -0.05) is 54.6 Å². The van der Waals surface area contributed by atoms with Crippen LogP contribution in [0.2, 0.25) is 0 Å². The highest BCUT2D eigenvalue weighted by Crippen LogP contribution is 2.42. The van der Waals surface area contributed by atoms with E-state index in [4.69, 9.17) is 18.9 Å². The van der Waals surface area contributed by atoms with Gasteiger partial charge in [0.25, 0.3) is 0 Å². The predicted octanol–water partition coefficient (Wildman–Crippen LogP) is 3.69. The zero-order valence-corrected chi connectivity index (χ0v) is 24.5. The zero-order valence-electron chi connectivity index (χ0n) is 24.5. The third-order valence-electron chi connectivity index (χ3n) is 7.55. The van der Waals surface area contributed by atoms with Crippen molar-refractivity contribution in [2.45, 2.75) is 37.4 Å². The second kappa shape index (κ2) is 13.2. The largest absolute Gasteiger partial charge is 0.497 e. The smallest absolute Gasteiger partial charge is 0.351 e. The molecule has 3 atom stereocenters. The number of nitrogens with one attached hydrogen (secondary N) is 1. The van der Waals surface area contributed by atoms with Crippen molar-refractivity contribution >= 4 is 18.0 Å². The van der Waals surface area contributed by atoms with E-state index in [1.807, 2.05) is 78.9 Å². The Morgan fingerprint density at radius 1 is 1.00 bits per heavy atom. The number of carbonyl (C=O) groups is 2. The molecular weight excluding hydrogens is 566 g/mol. The van der Waals surface area contributed by atoms with Gasteiger partial charge in [0.05, 0.1) is 32.5 Å². The molecule has 2 N–H and O–H groups in total. The fourth-order valence-electron chi connectivity index (χ4n) is 5.36. The van der Waals surface area contributed by atoms with Crippen LogP contribution in [0.1, 0.15) is 46.6 Å². The van der Waals surface area contributed by atoms with E-state index >= 15 is 0 Å². The summed E-state index contributed by atoms with van der Waals surface area (Å²) in [6, 6.07) is 24.8. The molecule has 1 aromatic heterocycles. The van der Waals surface area contributed by atoms with Crippen LogP contribution in [-0.2, 0) is 19.9 Å². The molecular formula is C33H33N3O8. The molecule has 0 unspecified atom stereocenters. The third-order valence-corrected chi connectivity index (χ3v) is 7.55. The Morgan fingerprint density at radius 2 is 1.57 bits per heavy atom. The van der Waals surface area contributed by atoms with Gasteiger partial charge in [-0.2, -0.15) is 4.98 Å². The van der Waals surface area contributed by atoms with E-state index in [0.29, 0.717) is 17.8 Å². The number of nitrogens with zero attached hydrogens (tertiary/aromatic N) is 2. The van der Waals surface area contributed by atoms with E-state index in [1.165, 1.54) is 13.1 Å². The van der Waals surface area contributed by atoms with Gasteiger partial charge in [0, 0.05) is 19.5 Å². The summed E-state index contributed by atoms with van der Waals surface area (Å²) >= 11 is 0. The molecule has 5 rings (SSSR count). The third kappa shape index (κ3) is 6.11. The first-order chi connectivity index (χ1) is 21.3. The number of aldehydes is 1. The topological polar surface area (TPSA) is 138 Å². The Kier molecular flexibility index (Phi) is 9.19. The first kappa shape index (κ1) is 30.6. The minimum atomic E-state index is -1.13. The highest BCUT2D eigenvalue weighted by molar-refractivity contribution is 5.93. The van der Waals surface area contributed by atoms with Gasteiger partial charge < -0.3 is 29.4 Å². The summed E-state index contributed by atoms with van der Waals surface area (Å²) in [5, 5.41) is 13.4. The summed E-state index contributed by atoms with van der Waals surface area (Å²) in [5.41, 5.74) is 0.577. The minimum absolute atomic E-state index is 0.000282. The lowest BCUT2D eigenvalue weighted by Crippen LogP contribution is -2.38. The molecule has 11 nitrogen and oxygen atoms in total. The van der Waals surface area contributed by atoms with Crippen molar-refractivity contribution in [1.82, 2.24) is 9.55 Å². The summed E-state index contributed by atoms with van der Waals surface area (Å²) in [7, 11) is 3.20. The number of anilines is 1. The lowest BCUT2D eigenvalue weighted by Gasteiger charge is -2.37. The van der Waals surface area contributed by atoms with Gasteiger partial charge in [-0.25, -0.2) is 4.79 Å². The van der Waals surface area contributed by atoms with Crippen molar-refractivity contribution in [3.05, 3.63) is 118 Å². The van der Waals surface area contributed by atoms with E-state index in [2.05, 4.69) is 10.3 Å². The molecule has 2 heterocycles. The van der Waals surface area contributed by atoms with E-state index in [9.17, 15) is 19.5 Å². The minimum Gasteiger partial charge on any atom is -0.497 e. The van der Waals surface area contributed by atoms with Crippen LogP contribution in [0.3, 0.4) is 0 Å². The first-order valence-electron chi connectivity index (χ1n) is 14.0. The number of aliphatic hydroxyl groups is 1. The standard InChI is InChI=1S/C33H33N3O8/c1-21(38)34-31-22(19-37)18-36(32(40)35-31)30-17-28(39)29(44-30)20-43-33(23-7-5-4-6-8-23,24-9-13-26(41-2)14-10-24)25-11-15-27(42-3)16-12-25/h4-16,18-19,28-30,39H,17,20H2,1-3H3,(H,34,35,38,40)/t28-,29+,30+/m0/s1. The number of hydrogen-bond donors (Lipinski definition) is 2. The molecule has 0 aliphatic carbocycles. The molecule has 11 heteroatoms. The van der Waals surface area contributed by atoms with Crippen molar-refractivity contribution < 1.29 is 33.6 Å². The number of amides is 1. The van der Waals surface area contributed by atoms with E-state index in [0.717, 1.165) is 21.3 Å². The molecule has 0 bridgehead atoms. The maximum absolute atomic E-state index is 12.8. The maximum atomic E-state index is 12.8. The van der Waals surface area contributed by atoms with E-state index < -0.39 is 35.6 Å². The predicted molar refractivity (Wildman–Crippen MR) is 161 cm³/mol. The second-order valence-corrected chi connectivity index (χ2v) is 10.3. The Bertz CT molecular complexity index is 1610. The highest BCUT2D eigenvalue weighted by atomic mass is 16.6. The Labute approximate surface area is 254 Å². The average Bonchev–Trinajstić information content (AvgIpc) is 3.42. The normalized spacial score (nSPS) is 18.0. The van der Waals surface area contributed by atoms with Crippen molar-refractivity contribution in [2.24, 2.45) is 0 Å². The molecule has 0 spiro atoms. The number of benzene rings is 3. The summed E-state index contributed by atoms with van der Waals surface area (Å²) < 4.78 is 24.9. The molecule has 1 aliphatic rings. The van der Waals surface area contributed by atoms with Crippen molar-refractivity contribution in [3.63, 3.8) is 0 Å². The van der Waals surface area contributed by atoms with Crippen LogP contribution in [0.25, 0.3) is 0 Å². The lowest BCUT2D eigenvalue weighted by molar-refractivity contribution is -0.114. The van der Waals surface area contributed by atoms with Gasteiger partial charge in [0.1, 0.15) is 29.4 Å². The maximum Gasteiger partial charge on any atom is 0.351 e. The summed E-state index contributed by atoms with van der Waals surface area (Å²) in [5.74, 6) is 0.749. The molecule has 3 aromatic carbocycles. The number of hydrogen-bond acceptors (Lipinski definition) is 9. The summed E-state index contributed by atoms with van der Waals surface area (Å²) in [6.45, 7) is 1.19. The second-order valence-electron chi connectivity index (χ2n) is 10.3. The van der Waals surface area contributed by atoms with Gasteiger partial charge in [-0.3, -0.25) is 14.2 Å². The molecule has 1 amide bonds. The van der Waals surface area contributed by atoms with Gasteiger partial charge in [-0.05, 0) is 41.0 Å². The fourth-order valence-corrected chi connectivity index (χ4v) is 5.36. The van der Waals surface area contributed by atoms with Gasteiger partial charge >= 0.3 is 5.69 Å². The van der Waals surface area contributed by atoms with Crippen LogP contribution in [0.15, 0.2) is 89.9 Å². The van der Waals surface area contributed by atoms with Gasteiger partial charge in [0.2, 0.25) is 5.91 Å². The SMILES string of the molecule is COc1ccc(C(OC[C@H]2O[C@@H](n3cc(C=O)c(NC(C)=O)nc3=O)C[C@@H]2O)(c2ccccc2)c2ccc(OC)cc2)cc1. The zero-order chi connectivity index (χ0) is 31.3. The monoisotopic (exact) mass is 599 g/mol. The molecule has 1 fully saturated rings. The van der Waals surface area contributed by atoms with Crippen molar-refractivity contribution in [2.75, 3.05) is 26.1 Å². The number of ether oxygens (including phenoxy) is 4. The van der Waals surface area contributed by atoms with Crippen LogP contribution in [0.4, 0.5) is 5.82 Å². The Hall–Kier alpha value is -4.84. The molecule has 44 heavy (non-hydrogen) atoms. The lowest BCUT2D eigenvalue weighted by atomic mass is 9.80. The molecule has 0 saturated carbocycles. The van der Waals surface area contributed by atoms with Crippen LogP contribution >= 0.6 is 0 Å². The molecule has 4 aromatic rings. The van der Waals surface area contributed by atoms with Gasteiger partial charge in [-0.15, -0.1) is 0 Å². The summed E-state index contributed by atoms with van der Waals surface area (Å²) in [4.78, 5) is 39.8. The number of methoxy groups -OCH3 is 2. The average molecular weight is 600 g/mol. The number of carbonyl (C=O) groups excluding carboxylic acids is 2.